The number of hydrogen-bond donors (Lipinski definition) is 1. The third-order valence-corrected chi connectivity index (χ3v) is 6.54. The molecule has 0 spiro atoms. The summed E-state index contributed by atoms with van der Waals surface area (Å²) in [7, 11) is 1.55. The van der Waals surface area contributed by atoms with Gasteiger partial charge in [0, 0.05) is 27.4 Å². The zero-order chi connectivity index (χ0) is 20.3. The second-order valence-electron chi connectivity index (χ2n) is 6.06. The number of carbonyl (C=O) groups is 1. The quantitative estimate of drug-likeness (QED) is 0.525. The van der Waals surface area contributed by atoms with Crippen molar-refractivity contribution < 1.29 is 9.53 Å². The molecule has 2 heterocycles. The molecule has 0 atom stereocenters. The maximum Gasteiger partial charge on any atom is 0.234 e. The highest BCUT2D eigenvalue weighted by atomic mass is 35.5. The van der Waals surface area contributed by atoms with Gasteiger partial charge in [-0.3, -0.25) is 4.79 Å². The van der Waals surface area contributed by atoms with E-state index in [4.69, 9.17) is 16.3 Å². The largest absolute Gasteiger partial charge is 0.495 e. The number of ether oxygens (including phenoxy) is 1. The molecule has 9 heteroatoms. The second kappa shape index (κ2) is 8.98. The molecule has 1 N–H and O–H groups in total. The van der Waals surface area contributed by atoms with E-state index < -0.39 is 0 Å². The number of nitrogens with zero attached hydrogens (tertiary/aromatic N) is 3. The van der Waals surface area contributed by atoms with Crippen LogP contribution in [0.15, 0.2) is 28.7 Å². The molecule has 28 heavy (non-hydrogen) atoms. The molecule has 6 nitrogen and oxygen atoms in total. The number of halogens is 1. The van der Waals surface area contributed by atoms with Crippen LogP contribution in [0.5, 0.6) is 5.75 Å². The van der Waals surface area contributed by atoms with E-state index in [2.05, 4.69) is 34.7 Å². The topological polar surface area (TPSA) is 69.0 Å². The van der Waals surface area contributed by atoms with Crippen LogP contribution in [0.3, 0.4) is 0 Å². The zero-order valence-corrected chi connectivity index (χ0v) is 18.5. The van der Waals surface area contributed by atoms with Crippen molar-refractivity contribution in [3.8, 4) is 17.1 Å². The van der Waals surface area contributed by atoms with Gasteiger partial charge >= 0.3 is 0 Å². The molecule has 3 aromatic rings. The van der Waals surface area contributed by atoms with Crippen LogP contribution in [0.1, 0.15) is 17.4 Å². The number of methoxy groups -OCH3 is 1. The van der Waals surface area contributed by atoms with Gasteiger partial charge in [0.1, 0.15) is 5.75 Å². The Labute approximate surface area is 177 Å². The fourth-order valence-corrected chi connectivity index (χ4v) is 4.55. The monoisotopic (exact) mass is 436 g/mol. The lowest BCUT2D eigenvalue weighted by atomic mass is 10.1. The average Bonchev–Trinajstić information content (AvgIpc) is 3.23. The van der Waals surface area contributed by atoms with Gasteiger partial charge in [0.2, 0.25) is 5.91 Å². The van der Waals surface area contributed by atoms with Crippen LogP contribution in [0.25, 0.3) is 11.4 Å². The van der Waals surface area contributed by atoms with Gasteiger partial charge in [-0.05, 0) is 44.5 Å². The minimum absolute atomic E-state index is 0.166. The number of nitrogens with one attached hydrogen (secondary N) is 1. The van der Waals surface area contributed by atoms with Gasteiger partial charge in [-0.25, -0.2) is 0 Å². The molecular formula is C19H21ClN4O2S2. The summed E-state index contributed by atoms with van der Waals surface area (Å²) < 4.78 is 7.29. The lowest BCUT2D eigenvalue weighted by molar-refractivity contribution is -0.113. The Hall–Kier alpha value is -2.03. The molecule has 0 bridgehead atoms. The number of rotatable bonds is 7. The molecule has 3 rings (SSSR count). The molecule has 0 aliphatic carbocycles. The van der Waals surface area contributed by atoms with E-state index in [-0.39, 0.29) is 11.7 Å². The van der Waals surface area contributed by atoms with Crippen molar-refractivity contribution in [1.82, 2.24) is 14.8 Å². The Morgan fingerprint density at radius 1 is 1.36 bits per heavy atom. The first-order chi connectivity index (χ1) is 13.4. The van der Waals surface area contributed by atoms with E-state index in [9.17, 15) is 4.79 Å². The van der Waals surface area contributed by atoms with Gasteiger partial charge < -0.3 is 14.6 Å². The average molecular weight is 437 g/mol. The first kappa shape index (κ1) is 20.7. The fraction of sp³-hybridized carbons (Fsp3) is 0.316. The van der Waals surface area contributed by atoms with Crippen LogP contribution >= 0.6 is 34.7 Å². The Morgan fingerprint density at radius 3 is 2.79 bits per heavy atom. The lowest BCUT2D eigenvalue weighted by Crippen LogP contribution is -2.15. The first-order valence-electron chi connectivity index (χ1n) is 8.69. The minimum atomic E-state index is -0.166. The number of anilines is 1. The number of thiophene rings is 1. The van der Waals surface area contributed by atoms with Gasteiger partial charge in [-0.15, -0.1) is 21.5 Å². The SMILES string of the molecule is CCn1c(SCC(=O)Nc2cc(Cl)ccc2OC)nnc1-c1csc(C)c1C. The third-order valence-electron chi connectivity index (χ3n) is 4.33. The molecule has 0 saturated carbocycles. The van der Waals surface area contributed by atoms with E-state index in [1.165, 1.54) is 22.2 Å². The summed E-state index contributed by atoms with van der Waals surface area (Å²) in [5.41, 5.74) is 2.86. The number of carbonyl (C=O) groups excluding carboxylic acids is 1. The highest BCUT2D eigenvalue weighted by Crippen LogP contribution is 2.32. The Morgan fingerprint density at radius 2 is 2.14 bits per heavy atom. The van der Waals surface area contributed by atoms with Crippen molar-refractivity contribution in [2.45, 2.75) is 32.5 Å². The summed E-state index contributed by atoms with van der Waals surface area (Å²) in [5.74, 6) is 1.43. The summed E-state index contributed by atoms with van der Waals surface area (Å²) in [6.07, 6.45) is 0. The van der Waals surface area contributed by atoms with Gasteiger partial charge in [0.05, 0.1) is 18.6 Å². The van der Waals surface area contributed by atoms with Crippen molar-refractivity contribution >= 4 is 46.3 Å². The van der Waals surface area contributed by atoms with Crippen molar-refractivity contribution in [3.63, 3.8) is 0 Å². The number of aryl methyl sites for hydroxylation is 1. The molecule has 0 fully saturated rings. The molecule has 2 aromatic heterocycles. The summed E-state index contributed by atoms with van der Waals surface area (Å²) in [6.45, 7) is 6.96. The minimum Gasteiger partial charge on any atom is -0.495 e. The lowest BCUT2D eigenvalue weighted by Gasteiger charge is -2.11. The smallest absolute Gasteiger partial charge is 0.234 e. The summed E-state index contributed by atoms with van der Waals surface area (Å²) in [6, 6.07) is 5.09. The molecule has 0 aliphatic rings. The van der Waals surface area contributed by atoms with E-state index in [1.54, 1.807) is 36.6 Å². The summed E-state index contributed by atoms with van der Waals surface area (Å²) >= 11 is 9.07. The number of amides is 1. The Balaban J connectivity index is 1.72. The van der Waals surface area contributed by atoms with Crippen LogP contribution in [0, 0.1) is 13.8 Å². The van der Waals surface area contributed by atoms with E-state index >= 15 is 0 Å². The maximum atomic E-state index is 12.4. The second-order valence-corrected chi connectivity index (χ2v) is 8.53. The molecule has 148 valence electrons. The number of benzene rings is 1. The normalized spacial score (nSPS) is 10.9. The van der Waals surface area contributed by atoms with Gasteiger partial charge in [-0.2, -0.15) is 0 Å². The molecule has 0 aliphatic heterocycles. The maximum absolute atomic E-state index is 12.4. The van der Waals surface area contributed by atoms with Crippen LogP contribution in [0.4, 0.5) is 5.69 Å². The first-order valence-corrected chi connectivity index (χ1v) is 10.9. The van der Waals surface area contributed by atoms with Gasteiger partial charge in [0.15, 0.2) is 11.0 Å². The van der Waals surface area contributed by atoms with Crippen molar-refractivity contribution in [2.24, 2.45) is 0 Å². The molecule has 0 saturated heterocycles. The van der Waals surface area contributed by atoms with Crippen molar-refractivity contribution in [3.05, 3.63) is 39.0 Å². The zero-order valence-electron chi connectivity index (χ0n) is 16.1. The van der Waals surface area contributed by atoms with Crippen LogP contribution in [-0.2, 0) is 11.3 Å². The Kier molecular flexibility index (Phi) is 6.64. The number of aromatic nitrogens is 3. The van der Waals surface area contributed by atoms with Crippen LogP contribution < -0.4 is 10.1 Å². The fourth-order valence-electron chi connectivity index (χ4n) is 2.71. The molecular weight excluding hydrogens is 416 g/mol. The third kappa shape index (κ3) is 4.34. The van der Waals surface area contributed by atoms with Crippen molar-refractivity contribution in [2.75, 3.05) is 18.2 Å². The molecule has 1 aromatic carbocycles. The van der Waals surface area contributed by atoms with E-state index in [1.807, 2.05) is 11.5 Å². The van der Waals surface area contributed by atoms with E-state index in [0.29, 0.717) is 21.6 Å². The highest BCUT2D eigenvalue weighted by molar-refractivity contribution is 7.99. The van der Waals surface area contributed by atoms with Crippen molar-refractivity contribution in [1.29, 1.82) is 0 Å². The van der Waals surface area contributed by atoms with Crippen LogP contribution in [-0.4, -0.2) is 33.5 Å². The number of hydrogen-bond acceptors (Lipinski definition) is 6. The van der Waals surface area contributed by atoms with E-state index in [0.717, 1.165) is 17.9 Å². The summed E-state index contributed by atoms with van der Waals surface area (Å²) in [5, 5.41) is 14.8. The highest BCUT2D eigenvalue weighted by Gasteiger charge is 2.18. The molecule has 0 unspecified atom stereocenters. The van der Waals surface area contributed by atoms with Gasteiger partial charge in [0.25, 0.3) is 0 Å². The standard InChI is InChI=1S/C19H21ClN4O2S2/c1-5-24-18(14-9-27-12(3)11(14)2)22-23-19(24)28-10-17(25)21-15-8-13(20)6-7-16(15)26-4/h6-9H,5,10H2,1-4H3,(H,21,25). The molecule has 0 radical (unpaired) electrons. The molecule has 1 amide bonds. The number of thioether (sulfide) groups is 1. The predicted octanol–water partition coefficient (Wildman–Crippen LogP) is 5.04. The van der Waals surface area contributed by atoms with Crippen LogP contribution in [0.2, 0.25) is 5.02 Å². The summed E-state index contributed by atoms with van der Waals surface area (Å²) in [4.78, 5) is 13.7. The van der Waals surface area contributed by atoms with Gasteiger partial charge in [-0.1, -0.05) is 23.4 Å². The predicted molar refractivity (Wildman–Crippen MR) is 116 cm³/mol. The Bertz CT molecular complexity index is 1000.